The van der Waals surface area contributed by atoms with Gasteiger partial charge in [0.2, 0.25) is 0 Å². The van der Waals surface area contributed by atoms with Crippen molar-refractivity contribution in [1.82, 2.24) is 15.1 Å². The van der Waals surface area contributed by atoms with Gasteiger partial charge in [0.05, 0.1) is 6.61 Å². The van der Waals surface area contributed by atoms with Gasteiger partial charge in [0.25, 0.3) is 0 Å². The predicted octanol–water partition coefficient (Wildman–Crippen LogP) is 3.96. The van der Waals surface area contributed by atoms with Crippen LogP contribution in [0.5, 0.6) is 5.75 Å². The van der Waals surface area contributed by atoms with Crippen LogP contribution in [0.25, 0.3) is 0 Å². The van der Waals surface area contributed by atoms with Crippen LogP contribution in [0.15, 0.2) is 42.5 Å². The van der Waals surface area contributed by atoms with E-state index >= 15 is 0 Å². The highest BCUT2D eigenvalue weighted by atomic mass is 19.1. The first kappa shape index (κ1) is 20.7. The van der Waals surface area contributed by atoms with Gasteiger partial charge in [-0.3, -0.25) is 0 Å². The van der Waals surface area contributed by atoms with E-state index in [0.29, 0.717) is 25.7 Å². The number of rotatable bonds is 6. The van der Waals surface area contributed by atoms with Crippen LogP contribution in [0, 0.1) is 5.82 Å². The maximum Gasteiger partial charge on any atom is 0.318 e. The molecule has 30 heavy (non-hydrogen) atoms. The van der Waals surface area contributed by atoms with E-state index in [1.165, 1.54) is 17.7 Å². The number of halogens is 1. The van der Waals surface area contributed by atoms with E-state index in [-0.39, 0.29) is 11.8 Å². The minimum atomic E-state index is -0.262. The molecule has 2 amide bonds. The van der Waals surface area contributed by atoms with E-state index in [4.69, 9.17) is 4.74 Å². The molecule has 2 aliphatic heterocycles. The summed E-state index contributed by atoms with van der Waals surface area (Å²) in [7, 11) is 2.11. The lowest BCUT2D eigenvalue weighted by atomic mass is 10.0. The molecule has 6 heteroatoms. The van der Waals surface area contributed by atoms with Crippen LogP contribution < -0.4 is 10.1 Å². The van der Waals surface area contributed by atoms with Crippen LogP contribution in [-0.4, -0.2) is 48.6 Å². The minimum Gasteiger partial charge on any atom is -0.493 e. The average molecular weight is 412 g/mol. The standard InChI is InChI=1S/C24H30FN3O2/c1-27-12-2-5-22(27)17-28(16-18-6-9-21(25)10-7-18)24(29)26-15-19-8-11-23-20(14-19)4-3-13-30-23/h6-11,14,22H,2-5,12-13,15-17H2,1H3,(H,26,29). The van der Waals surface area contributed by atoms with Crippen molar-refractivity contribution in [2.45, 2.75) is 44.8 Å². The molecule has 2 heterocycles. The summed E-state index contributed by atoms with van der Waals surface area (Å²) in [5.74, 6) is 0.695. The van der Waals surface area contributed by atoms with Crippen LogP contribution in [0.4, 0.5) is 9.18 Å². The van der Waals surface area contributed by atoms with E-state index in [1.807, 2.05) is 17.0 Å². The molecule has 0 radical (unpaired) electrons. The van der Waals surface area contributed by atoms with Crippen LogP contribution in [0.2, 0.25) is 0 Å². The summed E-state index contributed by atoms with van der Waals surface area (Å²) in [5.41, 5.74) is 3.22. The van der Waals surface area contributed by atoms with Gasteiger partial charge in [-0.25, -0.2) is 9.18 Å². The van der Waals surface area contributed by atoms with Gasteiger partial charge in [-0.15, -0.1) is 0 Å². The van der Waals surface area contributed by atoms with Crippen molar-refractivity contribution in [3.63, 3.8) is 0 Å². The Morgan fingerprint density at radius 3 is 2.77 bits per heavy atom. The highest BCUT2D eigenvalue weighted by molar-refractivity contribution is 5.74. The monoisotopic (exact) mass is 411 g/mol. The number of amides is 2. The first-order valence-electron chi connectivity index (χ1n) is 10.8. The van der Waals surface area contributed by atoms with Crippen molar-refractivity contribution in [3.05, 3.63) is 65.0 Å². The number of ether oxygens (including phenoxy) is 1. The third kappa shape index (κ3) is 5.11. The second kappa shape index (κ2) is 9.47. The zero-order chi connectivity index (χ0) is 20.9. The summed E-state index contributed by atoms with van der Waals surface area (Å²) in [4.78, 5) is 17.2. The molecule has 1 N–H and O–H groups in total. The van der Waals surface area contributed by atoms with Crippen LogP contribution in [-0.2, 0) is 19.5 Å². The SMILES string of the molecule is CN1CCCC1CN(Cc1ccc(F)cc1)C(=O)NCc1ccc2c(c1)CCCO2. The fourth-order valence-electron chi connectivity index (χ4n) is 4.31. The molecule has 160 valence electrons. The molecule has 0 saturated carbocycles. The quantitative estimate of drug-likeness (QED) is 0.783. The normalized spacial score (nSPS) is 18.5. The Kier molecular flexibility index (Phi) is 6.53. The lowest BCUT2D eigenvalue weighted by Crippen LogP contribution is -2.45. The molecular formula is C24H30FN3O2. The molecule has 2 aliphatic rings. The van der Waals surface area contributed by atoms with Gasteiger partial charge in [-0.05, 0) is 74.2 Å². The van der Waals surface area contributed by atoms with Crippen molar-refractivity contribution < 1.29 is 13.9 Å². The van der Waals surface area contributed by atoms with Crippen molar-refractivity contribution in [2.75, 3.05) is 26.7 Å². The summed E-state index contributed by atoms with van der Waals surface area (Å²) in [6.07, 6.45) is 4.30. The number of hydrogen-bond donors (Lipinski definition) is 1. The average Bonchev–Trinajstić information content (AvgIpc) is 3.17. The Bertz CT molecular complexity index is 871. The second-order valence-corrected chi connectivity index (χ2v) is 8.34. The smallest absolute Gasteiger partial charge is 0.318 e. The highest BCUT2D eigenvalue weighted by Crippen LogP contribution is 2.25. The molecule has 2 aromatic rings. The Morgan fingerprint density at radius 2 is 2.00 bits per heavy atom. The number of likely N-dealkylation sites (tertiary alicyclic amines) is 1. The zero-order valence-electron chi connectivity index (χ0n) is 17.6. The van der Waals surface area contributed by atoms with E-state index in [2.05, 4.69) is 23.3 Å². The third-order valence-corrected chi connectivity index (χ3v) is 6.09. The summed E-state index contributed by atoms with van der Waals surface area (Å²) < 4.78 is 19.0. The minimum absolute atomic E-state index is 0.0893. The zero-order valence-corrected chi connectivity index (χ0v) is 17.6. The number of carbonyl (C=O) groups excluding carboxylic acids is 1. The van der Waals surface area contributed by atoms with E-state index in [0.717, 1.165) is 55.7 Å². The maximum absolute atomic E-state index is 13.3. The van der Waals surface area contributed by atoms with Gasteiger partial charge in [0.1, 0.15) is 11.6 Å². The highest BCUT2D eigenvalue weighted by Gasteiger charge is 2.26. The van der Waals surface area contributed by atoms with Gasteiger partial charge >= 0.3 is 6.03 Å². The van der Waals surface area contributed by atoms with E-state index in [1.54, 1.807) is 12.1 Å². The summed E-state index contributed by atoms with van der Waals surface area (Å²) in [6, 6.07) is 12.8. The molecule has 2 aromatic carbocycles. The molecule has 4 rings (SSSR count). The number of aryl methyl sites for hydroxylation is 1. The fraction of sp³-hybridized carbons (Fsp3) is 0.458. The van der Waals surface area contributed by atoms with Crippen molar-refractivity contribution in [3.8, 4) is 5.75 Å². The lowest BCUT2D eigenvalue weighted by molar-refractivity contribution is 0.172. The summed E-state index contributed by atoms with van der Waals surface area (Å²) >= 11 is 0. The Balaban J connectivity index is 1.42. The molecular weight excluding hydrogens is 381 g/mol. The van der Waals surface area contributed by atoms with Gasteiger partial charge in [0, 0.05) is 25.7 Å². The number of benzene rings is 2. The number of hydrogen-bond acceptors (Lipinski definition) is 3. The third-order valence-electron chi connectivity index (χ3n) is 6.09. The number of urea groups is 1. The van der Waals surface area contributed by atoms with Crippen LogP contribution in [0.1, 0.15) is 36.0 Å². The Morgan fingerprint density at radius 1 is 1.20 bits per heavy atom. The summed E-state index contributed by atoms with van der Waals surface area (Å²) in [5, 5.41) is 3.08. The first-order valence-corrected chi connectivity index (χ1v) is 10.8. The van der Waals surface area contributed by atoms with Crippen molar-refractivity contribution in [1.29, 1.82) is 0 Å². The van der Waals surface area contributed by atoms with Crippen LogP contribution >= 0.6 is 0 Å². The molecule has 0 bridgehead atoms. The first-order chi connectivity index (χ1) is 14.6. The van der Waals surface area contributed by atoms with E-state index < -0.39 is 0 Å². The number of fused-ring (bicyclic) bond motifs is 1. The molecule has 1 atom stereocenters. The molecule has 1 unspecified atom stereocenters. The number of nitrogens with zero attached hydrogens (tertiary/aromatic N) is 2. The molecule has 5 nitrogen and oxygen atoms in total. The fourth-order valence-corrected chi connectivity index (χ4v) is 4.31. The largest absolute Gasteiger partial charge is 0.493 e. The molecule has 0 spiro atoms. The number of carbonyl (C=O) groups is 1. The molecule has 1 saturated heterocycles. The Labute approximate surface area is 177 Å². The maximum atomic E-state index is 13.3. The van der Waals surface area contributed by atoms with Gasteiger partial charge in [0.15, 0.2) is 0 Å². The van der Waals surface area contributed by atoms with Gasteiger partial charge in [-0.1, -0.05) is 24.3 Å². The Hall–Kier alpha value is -2.60. The number of nitrogens with one attached hydrogen (secondary N) is 1. The van der Waals surface area contributed by atoms with Crippen molar-refractivity contribution in [2.24, 2.45) is 0 Å². The van der Waals surface area contributed by atoms with Gasteiger partial charge < -0.3 is 19.9 Å². The van der Waals surface area contributed by atoms with E-state index in [9.17, 15) is 9.18 Å². The number of likely N-dealkylation sites (N-methyl/N-ethyl adjacent to an activating group) is 1. The molecule has 0 aliphatic carbocycles. The van der Waals surface area contributed by atoms with Gasteiger partial charge in [-0.2, -0.15) is 0 Å². The second-order valence-electron chi connectivity index (χ2n) is 8.34. The molecule has 1 fully saturated rings. The topological polar surface area (TPSA) is 44.8 Å². The lowest BCUT2D eigenvalue weighted by Gasteiger charge is -2.29. The summed E-state index contributed by atoms with van der Waals surface area (Å²) in [6.45, 7) is 3.45. The predicted molar refractivity (Wildman–Crippen MR) is 115 cm³/mol. The molecule has 0 aromatic heterocycles. The van der Waals surface area contributed by atoms with Crippen LogP contribution in [0.3, 0.4) is 0 Å². The van der Waals surface area contributed by atoms with Crippen molar-refractivity contribution >= 4 is 6.03 Å².